The van der Waals surface area contributed by atoms with Crippen LogP contribution in [-0.4, -0.2) is 84.1 Å². The van der Waals surface area contributed by atoms with Crippen LogP contribution in [0.5, 0.6) is 0 Å². The molecule has 0 bridgehead atoms. The summed E-state index contributed by atoms with van der Waals surface area (Å²) in [4.78, 5) is 43.3. The van der Waals surface area contributed by atoms with Gasteiger partial charge in [-0.1, -0.05) is 32.9 Å². The standard InChI is InChI=1S/C27H42FN5O4/c1-16(2)30-26(36)33-14-21(37-15-18-8-10-19(28)11-9-18)22-20(33)12-13-32(22)25(35)23(27(4,5)6)31-24(34)17(3)29-7/h8-11,16-17,20-23,29H,12-15H2,1-7H3,(H,30,36)(H,31,34)/t17-,20+,21-,22-,23?/m0/s1. The minimum Gasteiger partial charge on any atom is -0.369 e. The number of halogens is 1. The molecule has 2 fully saturated rings. The number of urea groups is 1. The Morgan fingerprint density at radius 2 is 1.73 bits per heavy atom. The monoisotopic (exact) mass is 519 g/mol. The molecule has 206 valence electrons. The van der Waals surface area contributed by atoms with Crippen molar-refractivity contribution in [3.8, 4) is 0 Å². The van der Waals surface area contributed by atoms with Crippen molar-refractivity contribution < 1.29 is 23.5 Å². The number of hydrogen-bond acceptors (Lipinski definition) is 5. The molecule has 0 aliphatic carbocycles. The smallest absolute Gasteiger partial charge is 0.318 e. The maximum absolute atomic E-state index is 14.0. The van der Waals surface area contributed by atoms with Crippen molar-refractivity contribution in [1.29, 1.82) is 0 Å². The zero-order valence-corrected chi connectivity index (χ0v) is 23.0. The maximum atomic E-state index is 14.0. The lowest BCUT2D eigenvalue weighted by Gasteiger charge is -2.37. The first kappa shape index (κ1) is 28.8. The maximum Gasteiger partial charge on any atom is 0.318 e. The van der Waals surface area contributed by atoms with Gasteiger partial charge in [0, 0.05) is 12.6 Å². The zero-order valence-electron chi connectivity index (χ0n) is 23.0. The average Bonchev–Trinajstić information content (AvgIpc) is 3.41. The molecule has 3 rings (SSSR count). The third kappa shape index (κ3) is 6.78. The molecule has 0 aromatic heterocycles. The molecule has 4 amide bonds. The van der Waals surface area contributed by atoms with E-state index in [-0.39, 0.29) is 48.4 Å². The Hall–Kier alpha value is -2.72. The van der Waals surface area contributed by atoms with E-state index in [4.69, 9.17) is 4.74 Å². The van der Waals surface area contributed by atoms with Crippen LogP contribution in [0.15, 0.2) is 24.3 Å². The fourth-order valence-corrected chi connectivity index (χ4v) is 4.99. The second kappa shape index (κ2) is 11.8. The minimum atomic E-state index is -0.745. The Balaban J connectivity index is 1.85. The van der Waals surface area contributed by atoms with Crippen molar-refractivity contribution in [3.63, 3.8) is 0 Å². The summed E-state index contributed by atoms with van der Waals surface area (Å²) in [5.74, 6) is -0.755. The first-order valence-electron chi connectivity index (χ1n) is 13.0. The second-order valence-corrected chi connectivity index (χ2v) is 11.4. The van der Waals surface area contributed by atoms with Crippen molar-refractivity contribution in [2.45, 2.75) is 90.9 Å². The van der Waals surface area contributed by atoms with Crippen LogP contribution in [0.25, 0.3) is 0 Å². The molecule has 9 nitrogen and oxygen atoms in total. The summed E-state index contributed by atoms with van der Waals surface area (Å²) in [6.07, 6.45) is 0.197. The number of likely N-dealkylation sites (N-methyl/N-ethyl adjacent to an activating group) is 1. The van der Waals surface area contributed by atoms with E-state index in [2.05, 4.69) is 16.0 Å². The molecule has 2 heterocycles. The summed E-state index contributed by atoms with van der Waals surface area (Å²) in [5, 5.41) is 8.81. The lowest BCUT2D eigenvalue weighted by atomic mass is 9.85. The summed E-state index contributed by atoms with van der Waals surface area (Å²) in [7, 11) is 1.70. The van der Waals surface area contributed by atoms with Crippen molar-refractivity contribution in [3.05, 3.63) is 35.6 Å². The highest BCUT2D eigenvalue weighted by Gasteiger charge is 2.54. The molecular weight excluding hydrogens is 477 g/mol. The Kier molecular flexibility index (Phi) is 9.18. The number of carbonyl (C=O) groups excluding carboxylic acids is 3. The van der Waals surface area contributed by atoms with Gasteiger partial charge in [0.15, 0.2) is 0 Å². The summed E-state index contributed by atoms with van der Waals surface area (Å²) >= 11 is 0. The number of rotatable bonds is 8. The van der Waals surface area contributed by atoms with E-state index in [1.54, 1.807) is 35.9 Å². The number of fused-ring (bicyclic) bond motifs is 1. The van der Waals surface area contributed by atoms with Crippen LogP contribution in [0.1, 0.15) is 53.5 Å². The molecule has 2 aliphatic heterocycles. The lowest BCUT2D eigenvalue weighted by molar-refractivity contribution is -0.142. The molecule has 1 unspecified atom stereocenters. The fourth-order valence-electron chi connectivity index (χ4n) is 4.99. The SMILES string of the molecule is CN[C@@H](C)C(=O)NC(C(=O)N1CC[C@@H]2[C@H]1[C@@H](OCc1ccc(F)cc1)CN2C(=O)NC(C)C)C(C)(C)C. The molecule has 37 heavy (non-hydrogen) atoms. The topological polar surface area (TPSA) is 103 Å². The van der Waals surface area contributed by atoms with Crippen molar-refractivity contribution in [2.24, 2.45) is 5.41 Å². The van der Waals surface area contributed by atoms with Gasteiger partial charge in [0.1, 0.15) is 11.9 Å². The number of hydrogen-bond donors (Lipinski definition) is 3. The third-order valence-electron chi connectivity index (χ3n) is 7.14. The molecule has 1 aromatic carbocycles. The average molecular weight is 520 g/mol. The zero-order chi connectivity index (χ0) is 27.5. The molecule has 0 saturated carbocycles. The van der Waals surface area contributed by atoms with Crippen molar-refractivity contribution >= 4 is 17.8 Å². The molecule has 0 spiro atoms. The molecule has 10 heteroatoms. The van der Waals surface area contributed by atoms with Gasteiger partial charge in [-0.3, -0.25) is 9.59 Å². The number of nitrogens with one attached hydrogen (secondary N) is 3. The summed E-state index contributed by atoms with van der Waals surface area (Å²) in [5.41, 5.74) is 0.274. The highest BCUT2D eigenvalue weighted by atomic mass is 19.1. The number of nitrogens with zero attached hydrogens (tertiary/aromatic N) is 2. The van der Waals surface area contributed by atoms with E-state index in [0.29, 0.717) is 19.5 Å². The Morgan fingerprint density at radius 1 is 1.08 bits per heavy atom. The summed E-state index contributed by atoms with van der Waals surface area (Å²) in [6, 6.07) is 4.13. The van der Waals surface area contributed by atoms with Gasteiger partial charge >= 0.3 is 6.03 Å². The van der Waals surface area contributed by atoms with Gasteiger partial charge < -0.3 is 30.5 Å². The molecule has 2 aliphatic rings. The Labute approximate surface area is 219 Å². The van der Waals surface area contributed by atoms with Crippen molar-refractivity contribution in [2.75, 3.05) is 20.1 Å². The van der Waals surface area contributed by atoms with Gasteiger partial charge in [-0.05, 0) is 57.4 Å². The van der Waals surface area contributed by atoms with E-state index in [0.717, 1.165) is 5.56 Å². The van der Waals surface area contributed by atoms with Crippen LogP contribution in [0.2, 0.25) is 0 Å². The lowest BCUT2D eigenvalue weighted by Crippen LogP contribution is -2.59. The minimum absolute atomic E-state index is 0.0288. The molecule has 2 saturated heterocycles. The van der Waals surface area contributed by atoms with E-state index >= 15 is 0 Å². The number of benzene rings is 1. The van der Waals surface area contributed by atoms with Gasteiger partial charge in [0.2, 0.25) is 11.8 Å². The van der Waals surface area contributed by atoms with Crippen LogP contribution in [0, 0.1) is 11.2 Å². The normalized spacial score (nSPS) is 23.1. The van der Waals surface area contributed by atoms with E-state index in [9.17, 15) is 18.8 Å². The highest BCUT2D eigenvalue weighted by molar-refractivity contribution is 5.90. The molecule has 1 aromatic rings. The quantitative estimate of drug-likeness (QED) is 0.489. The summed E-state index contributed by atoms with van der Waals surface area (Å²) in [6.45, 7) is 12.3. The molecule has 0 radical (unpaired) electrons. The Morgan fingerprint density at radius 3 is 2.30 bits per heavy atom. The van der Waals surface area contributed by atoms with Crippen LogP contribution in [0.3, 0.4) is 0 Å². The number of carbonyl (C=O) groups is 3. The fraction of sp³-hybridized carbons (Fsp3) is 0.667. The van der Waals surface area contributed by atoms with Gasteiger partial charge in [0.25, 0.3) is 0 Å². The molecular formula is C27H42FN5O4. The molecule has 3 N–H and O–H groups in total. The van der Waals surface area contributed by atoms with Crippen LogP contribution >= 0.6 is 0 Å². The summed E-state index contributed by atoms with van der Waals surface area (Å²) < 4.78 is 19.6. The second-order valence-electron chi connectivity index (χ2n) is 11.4. The molecule has 5 atom stereocenters. The van der Waals surface area contributed by atoms with Crippen LogP contribution in [0.4, 0.5) is 9.18 Å². The first-order chi connectivity index (χ1) is 17.3. The van der Waals surface area contributed by atoms with Gasteiger partial charge in [-0.15, -0.1) is 0 Å². The van der Waals surface area contributed by atoms with Crippen LogP contribution in [-0.2, 0) is 20.9 Å². The van der Waals surface area contributed by atoms with Gasteiger partial charge in [0.05, 0.1) is 37.4 Å². The third-order valence-corrected chi connectivity index (χ3v) is 7.14. The Bertz CT molecular complexity index is 965. The number of likely N-dealkylation sites (tertiary alicyclic amines) is 2. The predicted molar refractivity (Wildman–Crippen MR) is 139 cm³/mol. The van der Waals surface area contributed by atoms with Gasteiger partial charge in [-0.25, -0.2) is 9.18 Å². The van der Waals surface area contributed by atoms with E-state index in [1.165, 1.54) is 12.1 Å². The largest absolute Gasteiger partial charge is 0.369 e. The van der Waals surface area contributed by atoms with Crippen LogP contribution < -0.4 is 16.0 Å². The van der Waals surface area contributed by atoms with Crippen molar-refractivity contribution in [1.82, 2.24) is 25.8 Å². The highest BCUT2D eigenvalue weighted by Crippen LogP contribution is 2.36. The number of amides is 4. The number of ether oxygens (including phenoxy) is 1. The first-order valence-corrected chi connectivity index (χ1v) is 13.0. The predicted octanol–water partition coefficient (Wildman–Crippen LogP) is 2.25. The van der Waals surface area contributed by atoms with E-state index < -0.39 is 23.6 Å². The van der Waals surface area contributed by atoms with E-state index in [1.807, 2.05) is 34.6 Å². The van der Waals surface area contributed by atoms with Gasteiger partial charge in [-0.2, -0.15) is 0 Å².